The lowest BCUT2D eigenvalue weighted by Gasteiger charge is -2.49. The number of carbonyl (C=O) groups excluding carboxylic acids is 3. The number of anilines is 2. The number of carboxylic acid groups (broad SMARTS) is 2. The predicted molar refractivity (Wildman–Crippen MR) is 160 cm³/mol. The maximum atomic E-state index is 13.3. The fourth-order valence-electron chi connectivity index (χ4n) is 4.22. The molecule has 1 aromatic carbocycles. The minimum absolute atomic E-state index is 0.00949. The quantitative estimate of drug-likeness (QED) is 0.0724. The van der Waals surface area contributed by atoms with Crippen LogP contribution in [0.2, 0.25) is 0 Å². The molecule has 0 spiro atoms. The molecule has 2 atom stereocenters. The van der Waals surface area contributed by atoms with Gasteiger partial charge in [0.05, 0.1) is 11.3 Å². The molecule has 3 amide bonds. The number of para-hydroxylation sites is 1. The van der Waals surface area contributed by atoms with Crippen molar-refractivity contribution in [2.75, 3.05) is 29.2 Å². The highest BCUT2D eigenvalue weighted by Gasteiger charge is 2.54. The van der Waals surface area contributed by atoms with Gasteiger partial charge in [-0.3, -0.25) is 19.3 Å². The van der Waals surface area contributed by atoms with Gasteiger partial charge in [-0.15, -0.1) is 28.2 Å². The van der Waals surface area contributed by atoms with Gasteiger partial charge in [0.25, 0.3) is 17.7 Å². The number of thioether (sulfide) groups is 2. The molecule has 1 unspecified atom stereocenters. The van der Waals surface area contributed by atoms with Crippen LogP contribution in [0.25, 0.3) is 0 Å². The molecule has 45 heavy (non-hydrogen) atoms. The zero-order chi connectivity index (χ0) is 32.2. The maximum Gasteiger partial charge on any atom is 0.352 e. The normalized spacial score (nSPS) is 17.8. The van der Waals surface area contributed by atoms with Crippen LogP contribution in [0.5, 0.6) is 0 Å². The molecule has 21 heteroatoms. The van der Waals surface area contributed by atoms with Gasteiger partial charge in [-0.1, -0.05) is 29.1 Å². The van der Waals surface area contributed by atoms with E-state index in [1.54, 1.807) is 7.05 Å². The topological polar surface area (TPSA) is 257 Å². The van der Waals surface area contributed by atoms with Crippen molar-refractivity contribution < 1.29 is 39.0 Å². The lowest BCUT2D eigenvalue weighted by Crippen LogP contribution is -2.71. The number of aryl methyl sites for hydroxylation is 1. The Bertz CT molecular complexity index is 1760. The highest BCUT2D eigenvalue weighted by molar-refractivity contribution is 8.01. The number of nitrogen functional groups attached to an aromatic ring is 1. The second-order valence-corrected chi connectivity index (χ2v) is 12.1. The average molecular weight is 675 g/mol. The van der Waals surface area contributed by atoms with Crippen LogP contribution < -0.4 is 16.4 Å². The van der Waals surface area contributed by atoms with Crippen LogP contribution in [-0.4, -0.2) is 105 Å². The Labute approximate surface area is 265 Å². The first kappa shape index (κ1) is 31.4. The number of amides is 3. The molecule has 1 saturated heterocycles. The van der Waals surface area contributed by atoms with Gasteiger partial charge in [0, 0.05) is 23.9 Å². The summed E-state index contributed by atoms with van der Waals surface area (Å²) in [5.41, 5.74) is 5.56. The Morgan fingerprint density at radius 1 is 1.22 bits per heavy atom. The smallest absolute Gasteiger partial charge is 0.352 e. The van der Waals surface area contributed by atoms with Crippen molar-refractivity contribution in [1.82, 2.24) is 35.4 Å². The molecular weight excluding hydrogens is 653 g/mol. The number of nitrogens with two attached hydrogens (primary N) is 1. The molecule has 6 N–H and O–H groups in total. The van der Waals surface area contributed by atoms with Crippen LogP contribution >= 0.6 is 34.9 Å². The summed E-state index contributed by atoms with van der Waals surface area (Å²) in [6.45, 7) is -0.697. The second kappa shape index (κ2) is 13.3. The van der Waals surface area contributed by atoms with Crippen molar-refractivity contribution in [1.29, 1.82) is 0 Å². The fourth-order valence-corrected chi connectivity index (χ4v) is 7.10. The Morgan fingerprint density at radius 3 is 2.67 bits per heavy atom. The van der Waals surface area contributed by atoms with Crippen LogP contribution in [0.15, 0.2) is 51.2 Å². The number of nitrogens with one attached hydrogen (secondary N) is 2. The molecule has 234 valence electrons. The summed E-state index contributed by atoms with van der Waals surface area (Å²) in [6.07, 6.45) is 0. The number of β-lactam (4-membered cyclic amide) rings is 1. The van der Waals surface area contributed by atoms with Gasteiger partial charge < -0.3 is 31.4 Å². The SMILES string of the molecule is Cn1nnnc1SCC1=C(C(=O)O)N2C(=O)C(NC(=O)/C(=N\OCC(=O)Nc3ccccc3C(=O)O)c3csc(N)n3)[C@H]2SC1. The zero-order valence-corrected chi connectivity index (χ0v) is 25.4. The highest BCUT2D eigenvalue weighted by Crippen LogP contribution is 2.41. The largest absolute Gasteiger partial charge is 0.478 e. The standard InChI is InChI=1S/C24H22N10O8S3/c1-33-24(29-31-32-33)45-8-10-7-43-20-16(19(37)34(20)17(10)22(40)41)28-18(36)15(13-9-44-23(25)27-13)30-42-6-14(35)26-12-5-3-2-4-11(12)21(38)39/h2-5,9,16,20H,6-8H2,1H3,(H2,25,27)(H,26,35)(H,28,36)(H,38,39)(H,40,41)/b30-15-/t16?,20-/m1/s1. The van der Waals surface area contributed by atoms with E-state index >= 15 is 0 Å². The third-order valence-electron chi connectivity index (χ3n) is 6.26. The molecule has 3 aromatic rings. The van der Waals surface area contributed by atoms with Gasteiger partial charge in [0.1, 0.15) is 22.8 Å². The van der Waals surface area contributed by atoms with E-state index in [1.807, 2.05) is 0 Å². The van der Waals surface area contributed by atoms with Crippen molar-refractivity contribution >= 4 is 81.1 Å². The van der Waals surface area contributed by atoms with Crippen molar-refractivity contribution in [2.24, 2.45) is 12.2 Å². The monoisotopic (exact) mass is 674 g/mol. The first-order valence-electron chi connectivity index (χ1n) is 12.6. The zero-order valence-electron chi connectivity index (χ0n) is 22.9. The van der Waals surface area contributed by atoms with E-state index in [-0.39, 0.29) is 39.3 Å². The van der Waals surface area contributed by atoms with Crippen LogP contribution in [0.1, 0.15) is 16.1 Å². The van der Waals surface area contributed by atoms with Gasteiger partial charge in [-0.05, 0) is 28.1 Å². The summed E-state index contributed by atoms with van der Waals surface area (Å²) in [7, 11) is 1.64. The minimum atomic E-state index is -1.29. The number of oxime groups is 1. The van der Waals surface area contributed by atoms with Crippen LogP contribution in [0, 0.1) is 0 Å². The Balaban J connectivity index is 1.27. The fraction of sp³-hybridized carbons (Fsp3) is 0.250. The lowest BCUT2D eigenvalue weighted by atomic mass is 10.0. The number of fused-ring (bicyclic) bond motifs is 1. The Kier molecular flexibility index (Phi) is 9.29. The molecule has 4 heterocycles. The van der Waals surface area contributed by atoms with E-state index in [0.29, 0.717) is 10.7 Å². The highest BCUT2D eigenvalue weighted by atomic mass is 32.2. The van der Waals surface area contributed by atoms with E-state index in [0.717, 1.165) is 16.2 Å². The number of carbonyl (C=O) groups is 5. The molecule has 2 aromatic heterocycles. The Hall–Kier alpha value is -5.02. The second-order valence-electron chi connectivity index (χ2n) is 9.18. The Morgan fingerprint density at radius 2 is 2.00 bits per heavy atom. The number of benzene rings is 1. The van der Waals surface area contributed by atoms with Crippen LogP contribution in [0.3, 0.4) is 0 Å². The molecule has 2 aliphatic heterocycles. The molecular formula is C24H22N10O8S3. The molecule has 0 aliphatic carbocycles. The summed E-state index contributed by atoms with van der Waals surface area (Å²) in [6, 6.07) is 4.65. The number of thiazole rings is 1. The number of aromatic nitrogens is 5. The predicted octanol–water partition coefficient (Wildman–Crippen LogP) is -0.163. The number of tetrazole rings is 1. The molecule has 18 nitrogen and oxygen atoms in total. The number of hydrogen-bond acceptors (Lipinski definition) is 15. The number of rotatable bonds is 12. The van der Waals surface area contributed by atoms with E-state index in [1.165, 1.54) is 57.9 Å². The van der Waals surface area contributed by atoms with Crippen molar-refractivity contribution in [3.8, 4) is 0 Å². The number of nitrogens with zero attached hydrogens (tertiary/aromatic N) is 7. The van der Waals surface area contributed by atoms with Crippen LogP contribution in [0.4, 0.5) is 10.8 Å². The van der Waals surface area contributed by atoms with Crippen molar-refractivity contribution in [3.05, 3.63) is 52.2 Å². The molecule has 2 aliphatic rings. The molecule has 5 rings (SSSR count). The molecule has 1 fully saturated rings. The third kappa shape index (κ3) is 6.73. The number of carboxylic acids is 2. The first-order chi connectivity index (χ1) is 21.5. The van der Waals surface area contributed by atoms with E-state index in [4.69, 9.17) is 10.6 Å². The van der Waals surface area contributed by atoms with E-state index in [2.05, 4.69) is 36.3 Å². The van der Waals surface area contributed by atoms with Gasteiger partial charge in [-0.2, -0.15) is 0 Å². The third-order valence-corrected chi connectivity index (χ3v) is 9.37. The first-order valence-corrected chi connectivity index (χ1v) is 15.6. The van der Waals surface area contributed by atoms with Crippen LogP contribution in [-0.2, 0) is 31.1 Å². The maximum absolute atomic E-state index is 13.3. The molecule has 0 saturated carbocycles. The number of aliphatic carboxylic acids is 1. The van der Waals surface area contributed by atoms with Gasteiger partial charge in [0.15, 0.2) is 17.5 Å². The van der Waals surface area contributed by atoms with Crippen molar-refractivity contribution in [2.45, 2.75) is 16.6 Å². The average Bonchev–Trinajstić information content (AvgIpc) is 3.63. The van der Waals surface area contributed by atoms with E-state index in [9.17, 15) is 34.2 Å². The number of hydrogen-bond donors (Lipinski definition) is 5. The summed E-state index contributed by atoms with van der Waals surface area (Å²) < 4.78 is 1.44. The molecule has 0 radical (unpaired) electrons. The summed E-state index contributed by atoms with van der Waals surface area (Å²) in [4.78, 5) is 72.7. The summed E-state index contributed by atoms with van der Waals surface area (Å²) in [5, 5.41) is 40.4. The summed E-state index contributed by atoms with van der Waals surface area (Å²) >= 11 is 3.50. The van der Waals surface area contributed by atoms with Gasteiger partial charge in [0.2, 0.25) is 5.16 Å². The van der Waals surface area contributed by atoms with Gasteiger partial charge >= 0.3 is 11.9 Å². The van der Waals surface area contributed by atoms with Gasteiger partial charge in [-0.25, -0.2) is 19.3 Å². The van der Waals surface area contributed by atoms with Crippen molar-refractivity contribution in [3.63, 3.8) is 0 Å². The minimum Gasteiger partial charge on any atom is -0.478 e. The van der Waals surface area contributed by atoms with E-state index < -0.39 is 53.4 Å². The lowest BCUT2D eigenvalue weighted by molar-refractivity contribution is -0.150. The summed E-state index contributed by atoms with van der Waals surface area (Å²) in [5.74, 6) is -4.32. The number of aromatic carboxylic acids is 1. The molecule has 0 bridgehead atoms.